The third-order valence-electron chi connectivity index (χ3n) is 3.69. The van der Waals surface area contributed by atoms with Gasteiger partial charge in [-0.3, -0.25) is 4.90 Å². The topological polar surface area (TPSA) is 24.5 Å². The van der Waals surface area contributed by atoms with Crippen LogP contribution in [0.1, 0.15) is 31.9 Å². The summed E-state index contributed by atoms with van der Waals surface area (Å²) in [6, 6.07) is 6.61. The van der Waals surface area contributed by atoms with Crippen molar-refractivity contribution >= 4 is 0 Å². The van der Waals surface area contributed by atoms with Crippen LogP contribution in [0, 0.1) is 0 Å². The molecule has 1 aliphatic heterocycles. The molecule has 0 bridgehead atoms. The molecule has 3 nitrogen and oxygen atoms in total. The fourth-order valence-electron chi connectivity index (χ4n) is 2.57. The molecule has 0 spiro atoms. The lowest BCUT2D eigenvalue weighted by atomic mass is 9.85. The molecule has 1 fully saturated rings. The van der Waals surface area contributed by atoms with E-state index in [1.165, 1.54) is 11.1 Å². The van der Waals surface area contributed by atoms with Gasteiger partial charge in [-0.1, -0.05) is 32.9 Å². The lowest BCUT2D eigenvalue weighted by Crippen LogP contribution is -2.42. The second-order valence-corrected chi connectivity index (χ2v) is 6.31. The molecule has 0 unspecified atom stereocenters. The van der Waals surface area contributed by atoms with Gasteiger partial charge in [0.15, 0.2) is 0 Å². The van der Waals surface area contributed by atoms with Crippen molar-refractivity contribution in [3.8, 4) is 5.75 Å². The van der Waals surface area contributed by atoms with Gasteiger partial charge in [-0.15, -0.1) is 0 Å². The van der Waals surface area contributed by atoms with E-state index in [0.29, 0.717) is 0 Å². The first kappa shape index (κ1) is 14.4. The number of piperazine rings is 1. The SMILES string of the molecule is COc1ccc(CN2CCNCC2)cc1C(C)(C)C. The van der Waals surface area contributed by atoms with E-state index in [1.807, 2.05) is 0 Å². The Kier molecular flexibility index (Phi) is 4.48. The summed E-state index contributed by atoms with van der Waals surface area (Å²) in [5.74, 6) is 0.997. The molecule has 1 aromatic rings. The Bertz CT molecular complexity index is 417. The van der Waals surface area contributed by atoms with E-state index in [2.05, 4.69) is 49.2 Å². The standard InChI is InChI=1S/C16H26N2O/c1-16(2,3)14-11-13(5-6-15(14)19-4)12-18-9-7-17-8-10-18/h5-6,11,17H,7-10,12H2,1-4H3. The first-order valence-corrected chi connectivity index (χ1v) is 7.11. The van der Waals surface area contributed by atoms with Crippen LogP contribution < -0.4 is 10.1 Å². The summed E-state index contributed by atoms with van der Waals surface area (Å²) in [7, 11) is 1.75. The molecule has 0 amide bonds. The lowest BCUT2D eigenvalue weighted by Gasteiger charge is -2.28. The van der Waals surface area contributed by atoms with Crippen LogP contribution >= 0.6 is 0 Å². The molecule has 3 heteroatoms. The van der Waals surface area contributed by atoms with Crippen LogP contribution in [0.15, 0.2) is 18.2 Å². The van der Waals surface area contributed by atoms with Gasteiger partial charge in [0.25, 0.3) is 0 Å². The van der Waals surface area contributed by atoms with Gasteiger partial charge in [0.1, 0.15) is 5.75 Å². The largest absolute Gasteiger partial charge is 0.496 e. The highest BCUT2D eigenvalue weighted by Gasteiger charge is 2.20. The van der Waals surface area contributed by atoms with E-state index in [1.54, 1.807) is 7.11 Å². The molecule has 2 rings (SSSR count). The van der Waals surface area contributed by atoms with Gasteiger partial charge in [-0.05, 0) is 22.6 Å². The molecule has 0 saturated carbocycles. The Morgan fingerprint density at radius 1 is 1.21 bits per heavy atom. The van der Waals surface area contributed by atoms with Crippen molar-refractivity contribution in [2.75, 3.05) is 33.3 Å². The third-order valence-corrected chi connectivity index (χ3v) is 3.69. The van der Waals surface area contributed by atoms with E-state index in [9.17, 15) is 0 Å². The summed E-state index contributed by atoms with van der Waals surface area (Å²) in [5, 5.41) is 3.39. The molecule has 1 saturated heterocycles. The first-order valence-electron chi connectivity index (χ1n) is 7.11. The summed E-state index contributed by atoms with van der Waals surface area (Å²) < 4.78 is 5.49. The summed E-state index contributed by atoms with van der Waals surface area (Å²) in [4.78, 5) is 2.50. The van der Waals surface area contributed by atoms with Crippen LogP contribution in [-0.4, -0.2) is 38.2 Å². The van der Waals surface area contributed by atoms with Gasteiger partial charge in [0, 0.05) is 32.7 Å². The van der Waals surface area contributed by atoms with E-state index in [-0.39, 0.29) is 5.41 Å². The predicted molar refractivity (Wildman–Crippen MR) is 79.8 cm³/mol. The van der Waals surface area contributed by atoms with E-state index < -0.39 is 0 Å². The molecule has 1 aliphatic rings. The van der Waals surface area contributed by atoms with Crippen molar-refractivity contribution in [2.45, 2.75) is 32.7 Å². The lowest BCUT2D eigenvalue weighted by molar-refractivity contribution is 0.233. The summed E-state index contributed by atoms with van der Waals surface area (Å²) in [6.45, 7) is 12.2. The van der Waals surface area contributed by atoms with E-state index >= 15 is 0 Å². The third kappa shape index (κ3) is 3.71. The highest BCUT2D eigenvalue weighted by molar-refractivity contribution is 5.41. The molecule has 1 heterocycles. The Morgan fingerprint density at radius 2 is 1.89 bits per heavy atom. The van der Waals surface area contributed by atoms with Crippen LogP contribution in [0.2, 0.25) is 0 Å². The van der Waals surface area contributed by atoms with Gasteiger partial charge < -0.3 is 10.1 Å². The van der Waals surface area contributed by atoms with Crippen molar-refractivity contribution in [2.24, 2.45) is 0 Å². The maximum Gasteiger partial charge on any atom is 0.122 e. The zero-order valence-corrected chi connectivity index (χ0v) is 12.6. The summed E-state index contributed by atoms with van der Waals surface area (Å²) in [6.07, 6.45) is 0. The molecule has 1 aromatic carbocycles. The molecular formula is C16H26N2O. The Labute approximate surface area is 116 Å². The zero-order valence-electron chi connectivity index (χ0n) is 12.6. The number of hydrogen-bond donors (Lipinski definition) is 1. The number of hydrogen-bond acceptors (Lipinski definition) is 3. The fraction of sp³-hybridized carbons (Fsp3) is 0.625. The maximum atomic E-state index is 5.49. The van der Waals surface area contributed by atoms with Crippen molar-refractivity contribution in [1.82, 2.24) is 10.2 Å². The Hall–Kier alpha value is -1.06. The number of ether oxygens (including phenoxy) is 1. The van der Waals surface area contributed by atoms with Crippen molar-refractivity contribution in [1.29, 1.82) is 0 Å². The molecule has 0 aromatic heterocycles. The average molecular weight is 262 g/mol. The predicted octanol–water partition coefficient (Wildman–Crippen LogP) is 2.40. The van der Waals surface area contributed by atoms with Gasteiger partial charge in [0.2, 0.25) is 0 Å². The number of nitrogens with zero attached hydrogens (tertiary/aromatic N) is 1. The highest BCUT2D eigenvalue weighted by atomic mass is 16.5. The molecular weight excluding hydrogens is 236 g/mol. The fourth-order valence-corrected chi connectivity index (χ4v) is 2.57. The minimum absolute atomic E-state index is 0.116. The molecule has 0 radical (unpaired) electrons. The quantitative estimate of drug-likeness (QED) is 0.905. The minimum Gasteiger partial charge on any atom is -0.496 e. The second kappa shape index (κ2) is 5.93. The Morgan fingerprint density at radius 3 is 2.47 bits per heavy atom. The Balaban J connectivity index is 2.17. The zero-order chi connectivity index (χ0) is 13.9. The number of nitrogens with one attached hydrogen (secondary N) is 1. The van der Waals surface area contributed by atoms with Gasteiger partial charge in [-0.2, -0.15) is 0 Å². The number of benzene rings is 1. The van der Waals surface area contributed by atoms with Crippen LogP contribution in [-0.2, 0) is 12.0 Å². The van der Waals surface area contributed by atoms with Crippen molar-refractivity contribution in [3.05, 3.63) is 29.3 Å². The monoisotopic (exact) mass is 262 g/mol. The summed E-state index contributed by atoms with van der Waals surface area (Å²) in [5.41, 5.74) is 2.79. The molecule has 0 aliphatic carbocycles. The van der Waals surface area contributed by atoms with Crippen molar-refractivity contribution in [3.63, 3.8) is 0 Å². The van der Waals surface area contributed by atoms with Crippen LogP contribution in [0.3, 0.4) is 0 Å². The second-order valence-electron chi connectivity index (χ2n) is 6.31. The van der Waals surface area contributed by atoms with Crippen molar-refractivity contribution < 1.29 is 4.74 Å². The van der Waals surface area contributed by atoms with Crippen LogP contribution in [0.4, 0.5) is 0 Å². The first-order chi connectivity index (χ1) is 9.00. The van der Waals surface area contributed by atoms with Gasteiger partial charge in [0.05, 0.1) is 7.11 Å². The van der Waals surface area contributed by atoms with Gasteiger partial charge >= 0.3 is 0 Å². The highest BCUT2D eigenvalue weighted by Crippen LogP contribution is 2.32. The molecule has 19 heavy (non-hydrogen) atoms. The molecule has 0 atom stereocenters. The van der Waals surface area contributed by atoms with Gasteiger partial charge in [-0.25, -0.2) is 0 Å². The maximum absolute atomic E-state index is 5.49. The average Bonchev–Trinajstić information content (AvgIpc) is 2.39. The van der Waals surface area contributed by atoms with Crippen LogP contribution in [0.5, 0.6) is 5.75 Å². The molecule has 106 valence electrons. The summed E-state index contributed by atoms with van der Waals surface area (Å²) >= 11 is 0. The van der Waals surface area contributed by atoms with E-state index in [4.69, 9.17) is 4.74 Å². The van der Waals surface area contributed by atoms with Crippen LogP contribution in [0.25, 0.3) is 0 Å². The smallest absolute Gasteiger partial charge is 0.122 e. The normalized spacial score (nSPS) is 17.5. The number of methoxy groups -OCH3 is 1. The molecule has 1 N–H and O–H groups in total. The number of rotatable bonds is 3. The minimum atomic E-state index is 0.116. The van der Waals surface area contributed by atoms with E-state index in [0.717, 1.165) is 38.5 Å².